The van der Waals surface area contributed by atoms with Crippen LogP contribution < -0.4 is 0 Å². The zero-order chi connectivity index (χ0) is 19.2. The molecule has 1 aromatic carbocycles. The van der Waals surface area contributed by atoms with Gasteiger partial charge >= 0.3 is 0 Å². The maximum atomic E-state index is 12.2. The van der Waals surface area contributed by atoms with Gasteiger partial charge in [0.15, 0.2) is 0 Å². The number of nitrogens with zero attached hydrogens (tertiary/aromatic N) is 2. The fourth-order valence-corrected chi connectivity index (χ4v) is 3.92. The van der Waals surface area contributed by atoms with Crippen LogP contribution >= 0.6 is 11.6 Å². The van der Waals surface area contributed by atoms with E-state index in [0.29, 0.717) is 18.9 Å². The highest BCUT2D eigenvalue weighted by Crippen LogP contribution is 2.29. The summed E-state index contributed by atoms with van der Waals surface area (Å²) in [4.78, 5) is 18.9. The minimum atomic E-state index is 0.187. The predicted octanol–water partition coefficient (Wildman–Crippen LogP) is 4.38. The first-order chi connectivity index (χ1) is 13.1. The number of aromatic nitrogens is 1. The van der Waals surface area contributed by atoms with E-state index in [1.54, 1.807) is 7.11 Å². The summed E-state index contributed by atoms with van der Waals surface area (Å²) < 4.78 is 5.01. The van der Waals surface area contributed by atoms with Crippen LogP contribution in [0.3, 0.4) is 0 Å². The van der Waals surface area contributed by atoms with Gasteiger partial charge in [-0.1, -0.05) is 29.8 Å². The van der Waals surface area contributed by atoms with E-state index in [9.17, 15) is 4.79 Å². The molecule has 0 atom stereocenters. The number of likely N-dealkylation sites (tertiary alicyclic amines) is 1. The molecular weight excluding hydrogens is 360 g/mol. The summed E-state index contributed by atoms with van der Waals surface area (Å²) in [7, 11) is 1.63. The monoisotopic (exact) mass is 386 g/mol. The molecular formula is C22H27ClN2O2. The molecule has 0 aliphatic carbocycles. The molecule has 0 spiro atoms. The SMILES string of the molecule is COCCC(=O)N1CCC(c2cc(Cc3ccccc3Cl)cc(C)n2)CC1. The number of halogens is 1. The average Bonchev–Trinajstić information content (AvgIpc) is 2.67. The Morgan fingerprint density at radius 1 is 1.26 bits per heavy atom. The lowest BCUT2D eigenvalue weighted by atomic mass is 9.91. The number of carbonyl (C=O) groups excluding carboxylic acids is 1. The molecule has 27 heavy (non-hydrogen) atoms. The quantitative estimate of drug-likeness (QED) is 0.740. The summed E-state index contributed by atoms with van der Waals surface area (Å²) in [5.41, 5.74) is 4.55. The number of methoxy groups -OCH3 is 1. The molecule has 4 nitrogen and oxygen atoms in total. The van der Waals surface area contributed by atoms with Crippen molar-refractivity contribution in [2.45, 2.75) is 38.5 Å². The van der Waals surface area contributed by atoms with Gasteiger partial charge in [-0.05, 0) is 55.5 Å². The Kier molecular flexibility index (Phi) is 6.86. The van der Waals surface area contributed by atoms with Crippen molar-refractivity contribution in [3.63, 3.8) is 0 Å². The Balaban J connectivity index is 1.67. The molecule has 1 aromatic heterocycles. The molecule has 3 rings (SSSR count). The first-order valence-corrected chi connectivity index (χ1v) is 9.92. The Hall–Kier alpha value is -1.91. The fourth-order valence-electron chi connectivity index (χ4n) is 3.71. The molecule has 144 valence electrons. The minimum Gasteiger partial charge on any atom is -0.384 e. The summed E-state index contributed by atoms with van der Waals surface area (Å²) in [6, 6.07) is 12.3. The van der Waals surface area contributed by atoms with Crippen molar-refractivity contribution < 1.29 is 9.53 Å². The first kappa shape index (κ1) is 19.8. The van der Waals surface area contributed by atoms with Gasteiger partial charge in [0, 0.05) is 42.5 Å². The third kappa shape index (κ3) is 5.30. The number of hydrogen-bond donors (Lipinski definition) is 0. The molecule has 0 N–H and O–H groups in total. The van der Waals surface area contributed by atoms with Crippen LogP contribution in [0.15, 0.2) is 36.4 Å². The Morgan fingerprint density at radius 2 is 2.00 bits per heavy atom. The molecule has 0 unspecified atom stereocenters. The van der Waals surface area contributed by atoms with Crippen LogP contribution in [-0.4, -0.2) is 42.6 Å². The predicted molar refractivity (Wildman–Crippen MR) is 108 cm³/mol. The van der Waals surface area contributed by atoms with Gasteiger partial charge in [0.05, 0.1) is 13.0 Å². The maximum Gasteiger partial charge on any atom is 0.224 e. The normalized spacial score (nSPS) is 15.1. The fraction of sp³-hybridized carbons (Fsp3) is 0.455. The van der Waals surface area contributed by atoms with Crippen molar-refractivity contribution in [2.24, 2.45) is 0 Å². The van der Waals surface area contributed by atoms with Crippen LogP contribution in [0.25, 0.3) is 0 Å². The zero-order valence-corrected chi connectivity index (χ0v) is 16.8. The van der Waals surface area contributed by atoms with Crippen LogP contribution in [0.4, 0.5) is 0 Å². The van der Waals surface area contributed by atoms with Crippen LogP contribution in [0.2, 0.25) is 5.02 Å². The number of piperidine rings is 1. The van der Waals surface area contributed by atoms with Crippen LogP contribution in [0.1, 0.15) is 47.7 Å². The molecule has 1 amide bonds. The molecule has 1 saturated heterocycles. The van der Waals surface area contributed by atoms with Crippen molar-refractivity contribution >= 4 is 17.5 Å². The summed E-state index contributed by atoms with van der Waals surface area (Å²) in [5.74, 6) is 0.591. The number of aryl methyl sites for hydroxylation is 1. The van der Waals surface area contributed by atoms with Gasteiger partial charge in [-0.3, -0.25) is 9.78 Å². The number of benzene rings is 1. The van der Waals surface area contributed by atoms with Gasteiger partial charge in [-0.2, -0.15) is 0 Å². The summed E-state index contributed by atoms with van der Waals surface area (Å²) in [6.07, 6.45) is 3.19. The van der Waals surface area contributed by atoms with Gasteiger partial charge < -0.3 is 9.64 Å². The van der Waals surface area contributed by atoms with E-state index < -0.39 is 0 Å². The number of amides is 1. The lowest BCUT2D eigenvalue weighted by molar-refractivity contribution is -0.133. The molecule has 1 fully saturated rings. The molecule has 0 radical (unpaired) electrons. The second-order valence-corrected chi connectivity index (χ2v) is 7.61. The van der Waals surface area contributed by atoms with Crippen molar-refractivity contribution in [3.8, 4) is 0 Å². The third-order valence-electron chi connectivity index (χ3n) is 5.17. The topological polar surface area (TPSA) is 42.4 Å². The van der Waals surface area contributed by atoms with E-state index in [2.05, 4.69) is 18.2 Å². The summed E-state index contributed by atoms with van der Waals surface area (Å²) >= 11 is 6.32. The van der Waals surface area contributed by atoms with E-state index in [0.717, 1.165) is 54.3 Å². The average molecular weight is 387 g/mol. The van der Waals surface area contributed by atoms with Crippen molar-refractivity contribution in [2.75, 3.05) is 26.8 Å². The standard InChI is InChI=1S/C22H27ClN2O2/c1-16-13-17(14-19-5-3-4-6-20(19)23)15-21(24-16)18-7-10-25(11-8-18)22(26)9-12-27-2/h3-6,13,15,18H,7-12,14H2,1-2H3. The number of ether oxygens (including phenoxy) is 1. The molecule has 5 heteroatoms. The van der Waals surface area contributed by atoms with Crippen molar-refractivity contribution in [1.29, 1.82) is 0 Å². The zero-order valence-electron chi connectivity index (χ0n) is 16.1. The highest BCUT2D eigenvalue weighted by molar-refractivity contribution is 6.31. The van der Waals surface area contributed by atoms with E-state index in [4.69, 9.17) is 21.3 Å². The van der Waals surface area contributed by atoms with Gasteiger partial charge in [0.25, 0.3) is 0 Å². The van der Waals surface area contributed by atoms with E-state index in [-0.39, 0.29) is 5.91 Å². The molecule has 0 saturated carbocycles. The summed E-state index contributed by atoms with van der Waals surface area (Å²) in [5, 5.41) is 0.802. The minimum absolute atomic E-state index is 0.187. The largest absolute Gasteiger partial charge is 0.384 e. The molecule has 2 aromatic rings. The van der Waals surface area contributed by atoms with Crippen LogP contribution in [-0.2, 0) is 16.0 Å². The lowest BCUT2D eigenvalue weighted by Crippen LogP contribution is -2.38. The van der Waals surface area contributed by atoms with Gasteiger partial charge in [-0.15, -0.1) is 0 Å². The highest BCUT2D eigenvalue weighted by Gasteiger charge is 2.24. The Bertz CT molecular complexity index is 786. The molecule has 0 bridgehead atoms. The molecule has 1 aliphatic heterocycles. The van der Waals surface area contributed by atoms with Gasteiger partial charge in [0.2, 0.25) is 5.91 Å². The second-order valence-electron chi connectivity index (χ2n) is 7.21. The van der Waals surface area contributed by atoms with Crippen molar-refractivity contribution in [1.82, 2.24) is 9.88 Å². The van der Waals surface area contributed by atoms with Crippen molar-refractivity contribution in [3.05, 3.63) is 63.9 Å². The third-order valence-corrected chi connectivity index (χ3v) is 5.54. The number of rotatable bonds is 6. The maximum absolute atomic E-state index is 12.2. The van der Waals surface area contributed by atoms with Crippen LogP contribution in [0.5, 0.6) is 0 Å². The smallest absolute Gasteiger partial charge is 0.224 e. The van der Waals surface area contributed by atoms with E-state index in [1.807, 2.05) is 30.0 Å². The lowest BCUT2D eigenvalue weighted by Gasteiger charge is -2.32. The number of pyridine rings is 1. The first-order valence-electron chi connectivity index (χ1n) is 9.54. The number of hydrogen-bond acceptors (Lipinski definition) is 3. The van der Waals surface area contributed by atoms with Gasteiger partial charge in [-0.25, -0.2) is 0 Å². The molecule has 2 heterocycles. The van der Waals surface area contributed by atoms with E-state index >= 15 is 0 Å². The Labute approximate surface area is 166 Å². The van der Waals surface area contributed by atoms with Crippen LogP contribution in [0, 0.1) is 6.92 Å². The van der Waals surface area contributed by atoms with E-state index in [1.165, 1.54) is 5.56 Å². The highest BCUT2D eigenvalue weighted by atomic mass is 35.5. The Morgan fingerprint density at radius 3 is 2.70 bits per heavy atom. The number of carbonyl (C=O) groups is 1. The second kappa shape index (κ2) is 9.34. The molecule has 1 aliphatic rings. The van der Waals surface area contributed by atoms with Gasteiger partial charge in [0.1, 0.15) is 0 Å². The summed E-state index contributed by atoms with van der Waals surface area (Å²) in [6.45, 7) is 4.12.